The molecule has 0 spiro atoms. The lowest BCUT2D eigenvalue weighted by Crippen LogP contribution is -2.11. The first-order valence-corrected chi connectivity index (χ1v) is 7.01. The lowest BCUT2D eigenvalue weighted by atomic mass is 10.1. The molecule has 0 amide bonds. The first-order chi connectivity index (χ1) is 11.8. The van der Waals surface area contributed by atoms with Crippen LogP contribution in [0.4, 0.5) is 11.4 Å². The van der Waals surface area contributed by atoms with Crippen molar-refractivity contribution in [3.63, 3.8) is 0 Å². The van der Waals surface area contributed by atoms with Crippen molar-refractivity contribution in [2.24, 2.45) is 5.10 Å². The van der Waals surface area contributed by atoms with Crippen LogP contribution in [0.15, 0.2) is 41.5 Å². The highest BCUT2D eigenvalue weighted by molar-refractivity contribution is 6.01. The Bertz CT molecular complexity index is 865. The molecule has 0 atom stereocenters. The van der Waals surface area contributed by atoms with E-state index in [0.29, 0.717) is 11.3 Å². The molecule has 0 aliphatic rings. The number of phenolic OH excluding ortho intramolecular Hbond substituents is 2. The lowest BCUT2D eigenvalue weighted by Gasteiger charge is -2.07. The van der Waals surface area contributed by atoms with Gasteiger partial charge in [0.25, 0.3) is 11.4 Å². The van der Waals surface area contributed by atoms with Crippen LogP contribution in [0.25, 0.3) is 0 Å². The van der Waals surface area contributed by atoms with E-state index in [9.17, 15) is 30.4 Å². The highest BCUT2D eigenvalue weighted by Crippen LogP contribution is 2.25. The standard InChI is InChI=1S/C15H14N4O6/c1-9(13-7-12(20)4-5-15(13)21)17-16-8-10-2-3-11(18(22)23)6-14(10)19(24)25/h2-7,16,20-21H,8H2,1H3/b17-9-. The molecule has 10 heteroatoms. The number of hydrogen-bond donors (Lipinski definition) is 3. The Morgan fingerprint density at radius 2 is 1.84 bits per heavy atom. The zero-order chi connectivity index (χ0) is 18.6. The summed E-state index contributed by atoms with van der Waals surface area (Å²) in [5.41, 5.74) is 2.70. The van der Waals surface area contributed by atoms with Crippen LogP contribution in [0.3, 0.4) is 0 Å². The summed E-state index contributed by atoms with van der Waals surface area (Å²) in [5.74, 6) is -0.129. The largest absolute Gasteiger partial charge is 0.508 e. The number of nitrogens with zero attached hydrogens (tertiary/aromatic N) is 3. The predicted octanol–water partition coefficient (Wildman–Crippen LogP) is 2.43. The molecule has 0 saturated heterocycles. The maximum Gasteiger partial charge on any atom is 0.281 e. The van der Waals surface area contributed by atoms with Crippen molar-refractivity contribution in [3.8, 4) is 11.5 Å². The average molecular weight is 346 g/mol. The fourth-order valence-electron chi connectivity index (χ4n) is 2.10. The van der Waals surface area contributed by atoms with E-state index in [2.05, 4.69) is 10.5 Å². The third-order valence-electron chi connectivity index (χ3n) is 3.36. The van der Waals surface area contributed by atoms with E-state index < -0.39 is 15.5 Å². The lowest BCUT2D eigenvalue weighted by molar-refractivity contribution is -0.394. The van der Waals surface area contributed by atoms with E-state index in [4.69, 9.17) is 0 Å². The van der Waals surface area contributed by atoms with Crippen molar-refractivity contribution in [1.29, 1.82) is 0 Å². The molecule has 0 aromatic heterocycles. The molecule has 0 saturated carbocycles. The van der Waals surface area contributed by atoms with Crippen LogP contribution in [0, 0.1) is 20.2 Å². The van der Waals surface area contributed by atoms with Crippen LogP contribution in [0.5, 0.6) is 11.5 Å². The number of hydrazone groups is 1. The molecule has 130 valence electrons. The molecule has 2 aromatic carbocycles. The van der Waals surface area contributed by atoms with E-state index in [1.807, 2.05) is 0 Å². The molecule has 0 aliphatic carbocycles. The summed E-state index contributed by atoms with van der Waals surface area (Å²) in [7, 11) is 0. The summed E-state index contributed by atoms with van der Waals surface area (Å²) in [4.78, 5) is 20.3. The molecular formula is C15H14N4O6. The van der Waals surface area contributed by atoms with Crippen molar-refractivity contribution in [2.75, 3.05) is 0 Å². The summed E-state index contributed by atoms with van der Waals surface area (Å²) in [5, 5.41) is 44.9. The number of nitro benzene ring substituents is 2. The molecule has 0 unspecified atom stereocenters. The van der Waals surface area contributed by atoms with Gasteiger partial charge in [0.15, 0.2) is 0 Å². The summed E-state index contributed by atoms with van der Waals surface area (Å²) >= 11 is 0. The van der Waals surface area contributed by atoms with Crippen LogP contribution in [-0.2, 0) is 6.54 Å². The molecule has 10 nitrogen and oxygen atoms in total. The van der Waals surface area contributed by atoms with E-state index in [-0.39, 0.29) is 29.3 Å². The number of nitro groups is 2. The highest BCUT2D eigenvalue weighted by Gasteiger charge is 2.19. The third kappa shape index (κ3) is 4.19. The summed E-state index contributed by atoms with van der Waals surface area (Å²) < 4.78 is 0. The molecule has 3 N–H and O–H groups in total. The van der Waals surface area contributed by atoms with Gasteiger partial charge in [0.05, 0.1) is 33.7 Å². The van der Waals surface area contributed by atoms with Crippen LogP contribution in [-0.4, -0.2) is 25.8 Å². The quantitative estimate of drug-likeness (QED) is 0.314. The molecule has 0 aliphatic heterocycles. The van der Waals surface area contributed by atoms with Gasteiger partial charge in [0.1, 0.15) is 11.5 Å². The topological polar surface area (TPSA) is 151 Å². The van der Waals surface area contributed by atoms with Gasteiger partial charge in [-0.05, 0) is 31.2 Å². The Hall–Kier alpha value is -3.69. The summed E-state index contributed by atoms with van der Waals surface area (Å²) in [6.45, 7) is 1.52. The molecule has 0 fully saturated rings. The average Bonchev–Trinajstić information content (AvgIpc) is 2.56. The van der Waals surface area contributed by atoms with E-state index in [1.54, 1.807) is 6.92 Å². The van der Waals surface area contributed by atoms with Gasteiger partial charge in [0, 0.05) is 11.6 Å². The monoisotopic (exact) mass is 346 g/mol. The van der Waals surface area contributed by atoms with E-state index in [0.717, 1.165) is 6.07 Å². The fourth-order valence-corrected chi connectivity index (χ4v) is 2.10. The van der Waals surface area contributed by atoms with Crippen molar-refractivity contribution in [1.82, 2.24) is 5.43 Å². The van der Waals surface area contributed by atoms with Crippen LogP contribution in [0.2, 0.25) is 0 Å². The number of phenols is 2. The molecule has 2 rings (SSSR count). The Labute approximate surface area is 141 Å². The van der Waals surface area contributed by atoms with Gasteiger partial charge in [0.2, 0.25) is 0 Å². The van der Waals surface area contributed by atoms with Crippen molar-refractivity contribution in [3.05, 3.63) is 67.8 Å². The zero-order valence-corrected chi connectivity index (χ0v) is 13.0. The zero-order valence-electron chi connectivity index (χ0n) is 13.0. The minimum atomic E-state index is -0.711. The van der Waals surface area contributed by atoms with Gasteiger partial charge < -0.3 is 15.6 Å². The van der Waals surface area contributed by atoms with E-state index in [1.165, 1.54) is 30.3 Å². The highest BCUT2D eigenvalue weighted by atomic mass is 16.6. The number of non-ortho nitro benzene ring substituents is 1. The Morgan fingerprint density at radius 1 is 1.12 bits per heavy atom. The van der Waals surface area contributed by atoms with Gasteiger partial charge >= 0.3 is 0 Å². The second-order valence-electron chi connectivity index (χ2n) is 5.06. The van der Waals surface area contributed by atoms with Crippen molar-refractivity contribution in [2.45, 2.75) is 13.5 Å². The van der Waals surface area contributed by atoms with Crippen molar-refractivity contribution >= 4 is 17.1 Å². The van der Waals surface area contributed by atoms with Crippen LogP contribution >= 0.6 is 0 Å². The fraction of sp³-hybridized carbons (Fsp3) is 0.133. The molecular weight excluding hydrogens is 332 g/mol. The number of hydrogen-bond acceptors (Lipinski definition) is 8. The number of benzene rings is 2. The SMILES string of the molecule is C/C(=N/NCc1ccc([N+](=O)[O-])cc1[N+](=O)[O-])c1cc(O)ccc1O. The first-order valence-electron chi connectivity index (χ1n) is 7.01. The Morgan fingerprint density at radius 3 is 2.48 bits per heavy atom. The predicted molar refractivity (Wildman–Crippen MR) is 88.6 cm³/mol. The molecule has 2 aromatic rings. The second-order valence-corrected chi connectivity index (χ2v) is 5.06. The maximum absolute atomic E-state index is 11.1. The first kappa shape index (κ1) is 17.7. The number of rotatable bonds is 6. The summed E-state index contributed by atoms with van der Waals surface area (Å²) in [6, 6.07) is 7.28. The number of aromatic hydroxyl groups is 2. The van der Waals surface area contributed by atoms with Gasteiger partial charge in [-0.15, -0.1) is 0 Å². The molecule has 25 heavy (non-hydrogen) atoms. The molecule has 0 heterocycles. The molecule has 0 radical (unpaired) electrons. The van der Waals surface area contributed by atoms with Gasteiger partial charge in [-0.2, -0.15) is 5.10 Å². The van der Waals surface area contributed by atoms with Gasteiger partial charge in [-0.3, -0.25) is 20.2 Å². The van der Waals surface area contributed by atoms with Crippen LogP contribution < -0.4 is 5.43 Å². The van der Waals surface area contributed by atoms with E-state index >= 15 is 0 Å². The van der Waals surface area contributed by atoms with Gasteiger partial charge in [-0.25, -0.2) is 0 Å². The smallest absolute Gasteiger partial charge is 0.281 e. The van der Waals surface area contributed by atoms with Crippen LogP contribution in [0.1, 0.15) is 18.1 Å². The second kappa shape index (κ2) is 7.25. The van der Waals surface area contributed by atoms with Gasteiger partial charge in [-0.1, -0.05) is 0 Å². The normalized spacial score (nSPS) is 11.2. The maximum atomic E-state index is 11.1. The minimum Gasteiger partial charge on any atom is -0.508 e. The minimum absolute atomic E-state index is 0.0478. The van der Waals surface area contributed by atoms with Crippen molar-refractivity contribution < 1.29 is 20.1 Å². The summed E-state index contributed by atoms with van der Waals surface area (Å²) in [6.07, 6.45) is 0. The Balaban J connectivity index is 2.19. The Kier molecular flexibility index (Phi) is 5.12. The molecule has 0 bridgehead atoms. The third-order valence-corrected chi connectivity index (χ3v) is 3.36. The number of nitrogens with one attached hydrogen (secondary N) is 1.